The lowest BCUT2D eigenvalue weighted by molar-refractivity contribution is 0.297. The molecule has 0 fully saturated rings. The van der Waals surface area contributed by atoms with Gasteiger partial charge in [-0.2, -0.15) is 0 Å². The maximum Gasteiger partial charge on any atom is 0.148 e. The van der Waals surface area contributed by atoms with Gasteiger partial charge in [0.05, 0.1) is 5.02 Å². The van der Waals surface area contributed by atoms with Gasteiger partial charge in [-0.25, -0.2) is 4.39 Å². The first kappa shape index (κ1) is 12.9. The Balaban J connectivity index is 2.14. The molecule has 0 aliphatic rings. The van der Waals surface area contributed by atoms with E-state index in [0.29, 0.717) is 5.56 Å². The molecule has 0 N–H and O–H groups in total. The van der Waals surface area contributed by atoms with Gasteiger partial charge in [0.2, 0.25) is 0 Å². The molecule has 0 saturated heterocycles. The van der Waals surface area contributed by atoms with Gasteiger partial charge in [-0.3, -0.25) is 0 Å². The zero-order valence-corrected chi connectivity index (χ0v) is 10.9. The third-order valence-electron chi connectivity index (χ3n) is 2.77. The number of hydrogen-bond acceptors (Lipinski definition) is 1. The summed E-state index contributed by atoms with van der Waals surface area (Å²) in [5.41, 5.74) is 1.58. The molecule has 2 aromatic carbocycles. The van der Waals surface area contributed by atoms with Gasteiger partial charge in [-0.05, 0) is 24.1 Å². The monoisotopic (exact) mass is 264 g/mol. The maximum atomic E-state index is 13.7. The van der Waals surface area contributed by atoms with Crippen molar-refractivity contribution in [1.29, 1.82) is 0 Å². The average molecular weight is 265 g/mol. The highest BCUT2D eigenvalue weighted by Gasteiger charge is 2.07. The van der Waals surface area contributed by atoms with Crippen LogP contribution in [0.5, 0.6) is 5.75 Å². The van der Waals surface area contributed by atoms with Crippen LogP contribution in [0.1, 0.15) is 18.1 Å². The molecule has 2 aromatic rings. The van der Waals surface area contributed by atoms with E-state index in [1.807, 2.05) is 24.3 Å². The fraction of sp³-hybridized carbons (Fsp3) is 0.200. The molecule has 18 heavy (non-hydrogen) atoms. The van der Waals surface area contributed by atoms with Crippen LogP contribution in [0.4, 0.5) is 4.39 Å². The molecule has 0 amide bonds. The zero-order valence-electron chi connectivity index (χ0n) is 10.1. The van der Waals surface area contributed by atoms with Gasteiger partial charge >= 0.3 is 0 Å². The fourth-order valence-corrected chi connectivity index (χ4v) is 1.95. The van der Waals surface area contributed by atoms with Gasteiger partial charge in [-0.1, -0.05) is 48.9 Å². The number of rotatable bonds is 4. The second-order valence-electron chi connectivity index (χ2n) is 3.96. The minimum Gasteiger partial charge on any atom is -0.489 e. The molecule has 0 aliphatic heterocycles. The zero-order chi connectivity index (χ0) is 13.0. The van der Waals surface area contributed by atoms with E-state index in [1.165, 1.54) is 6.07 Å². The number of aryl methyl sites for hydroxylation is 1. The number of ether oxygens (including phenoxy) is 1. The molecule has 0 heterocycles. The Hall–Kier alpha value is -1.54. The van der Waals surface area contributed by atoms with Crippen LogP contribution >= 0.6 is 11.6 Å². The highest BCUT2D eigenvalue weighted by molar-refractivity contribution is 6.30. The highest BCUT2D eigenvalue weighted by atomic mass is 35.5. The number of benzene rings is 2. The van der Waals surface area contributed by atoms with E-state index in [1.54, 1.807) is 12.1 Å². The van der Waals surface area contributed by atoms with Crippen molar-refractivity contribution in [3.05, 3.63) is 64.4 Å². The SMILES string of the molecule is CCc1ccccc1OCc1cccc(Cl)c1F. The van der Waals surface area contributed by atoms with E-state index < -0.39 is 5.82 Å². The van der Waals surface area contributed by atoms with Gasteiger partial charge in [0, 0.05) is 5.56 Å². The summed E-state index contributed by atoms with van der Waals surface area (Å²) in [6.45, 7) is 2.24. The van der Waals surface area contributed by atoms with Gasteiger partial charge in [-0.15, -0.1) is 0 Å². The first-order chi connectivity index (χ1) is 8.72. The molecule has 0 atom stereocenters. The third kappa shape index (κ3) is 2.82. The standard InChI is InChI=1S/C15H14ClFO/c1-2-11-6-3-4-9-14(11)18-10-12-7-5-8-13(16)15(12)17/h3-9H,2,10H2,1H3. The summed E-state index contributed by atoms with van der Waals surface area (Å²) in [5.74, 6) is 0.382. The quantitative estimate of drug-likeness (QED) is 0.783. The number of halogens is 2. The maximum absolute atomic E-state index is 13.7. The molecule has 0 aromatic heterocycles. The van der Waals surface area contributed by atoms with Crippen molar-refractivity contribution in [3.8, 4) is 5.75 Å². The van der Waals surface area contributed by atoms with Crippen molar-refractivity contribution >= 4 is 11.6 Å². The van der Waals surface area contributed by atoms with Crippen LogP contribution in [0.15, 0.2) is 42.5 Å². The summed E-state index contributed by atoms with van der Waals surface area (Å²) in [6.07, 6.45) is 0.883. The summed E-state index contributed by atoms with van der Waals surface area (Å²) < 4.78 is 19.3. The van der Waals surface area contributed by atoms with Crippen LogP contribution in [-0.2, 0) is 13.0 Å². The van der Waals surface area contributed by atoms with Crippen LogP contribution in [0.3, 0.4) is 0 Å². The van der Waals surface area contributed by atoms with Crippen molar-refractivity contribution in [2.45, 2.75) is 20.0 Å². The Kier molecular flexibility index (Phi) is 4.21. The summed E-state index contributed by atoms with van der Waals surface area (Å²) in [4.78, 5) is 0. The molecule has 0 saturated carbocycles. The minimum absolute atomic E-state index is 0.125. The predicted molar refractivity (Wildman–Crippen MR) is 71.6 cm³/mol. The van der Waals surface area contributed by atoms with Crippen LogP contribution < -0.4 is 4.74 Å². The molecule has 0 radical (unpaired) electrons. The summed E-state index contributed by atoms with van der Waals surface area (Å²) >= 11 is 5.72. The first-order valence-corrected chi connectivity index (χ1v) is 6.23. The van der Waals surface area contributed by atoms with E-state index in [2.05, 4.69) is 6.92 Å². The molecule has 3 heteroatoms. The fourth-order valence-electron chi connectivity index (χ4n) is 1.75. The van der Waals surface area contributed by atoms with Gasteiger partial charge in [0.25, 0.3) is 0 Å². The molecule has 0 unspecified atom stereocenters. The molecule has 94 valence electrons. The molecule has 2 rings (SSSR count). The van der Waals surface area contributed by atoms with Gasteiger partial charge in [0.1, 0.15) is 18.2 Å². The second-order valence-corrected chi connectivity index (χ2v) is 4.37. The molecular formula is C15H14ClFO. The molecule has 0 bridgehead atoms. The Morgan fingerprint density at radius 2 is 1.78 bits per heavy atom. The van der Waals surface area contributed by atoms with Gasteiger partial charge < -0.3 is 4.74 Å². The summed E-state index contributed by atoms with van der Waals surface area (Å²) in [7, 11) is 0. The lowest BCUT2D eigenvalue weighted by atomic mass is 10.1. The molecule has 1 nitrogen and oxygen atoms in total. The van der Waals surface area contributed by atoms with Crippen molar-refractivity contribution in [2.75, 3.05) is 0 Å². The summed E-state index contributed by atoms with van der Waals surface area (Å²) in [6, 6.07) is 12.7. The van der Waals surface area contributed by atoms with Gasteiger partial charge in [0.15, 0.2) is 0 Å². The Morgan fingerprint density at radius 3 is 2.56 bits per heavy atom. The Bertz CT molecular complexity index is 540. The highest BCUT2D eigenvalue weighted by Crippen LogP contribution is 2.22. The molecular weight excluding hydrogens is 251 g/mol. The van der Waals surface area contributed by atoms with E-state index in [-0.39, 0.29) is 11.6 Å². The van der Waals surface area contributed by atoms with E-state index in [0.717, 1.165) is 17.7 Å². The van der Waals surface area contributed by atoms with Crippen LogP contribution in [0.25, 0.3) is 0 Å². The number of hydrogen-bond donors (Lipinski definition) is 0. The van der Waals surface area contributed by atoms with Crippen LogP contribution in [0.2, 0.25) is 5.02 Å². The van der Waals surface area contributed by atoms with Crippen LogP contribution in [0, 0.1) is 5.82 Å². The topological polar surface area (TPSA) is 9.23 Å². The largest absolute Gasteiger partial charge is 0.489 e. The third-order valence-corrected chi connectivity index (χ3v) is 3.06. The Morgan fingerprint density at radius 1 is 1.06 bits per heavy atom. The van der Waals surface area contributed by atoms with Crippen molar-refractivity contribution in [1.82, 2.24) is 0 Å². The average Bonchev–Trinajstić information content (AvgIpc) is 2.41. The lowest BCUT2D eigenvalue weighted by Crippen LogP contribution is -2.00. The Labute approximate surface area is 111 Å². The van der Waals surface area contributed by atoms with Crippen molar-refractivity contribution in [2.24, 2.45) is 0 Å². The normalized spacial score (nSPS) is 10.4. The molecule has 0 aliphatic carbocycles. The minimum atomic E-state index is -0.409. The predicted octanol–water partition coefficient (Wildman–Crippen LogP) is 4.62. The van der Waals surface area contributed by atoms with E-state index >= 15 is 0 Å². The lowest BCUT2D eigenvalue weighted by Gasteiger charge is -2.11. The van der Waals surface area contributed by atoms with Crippen molar-refractivity contribution in [3.63, 3.8) is 0 Å². The first-order valence-electron chi connectivity index (χ1n) is 5.86. The van der Waals surface area contributed by atoms with E-state index in [4.69, 9.17) is 16.3 Å². The van der Waals surface area contributed by atoms with Crippen molar-refractivity contribution < 1.29 is 9.13 Å². The number of para-hydroxylation sites is 1. The van der Waals surface area contributed by atoms with E-state index in [9.17, 15) is 4.39 Å². The summed E-state index contributed by atoms with van der Waals surface area (Å²) in [5, 5.41) is 0.125. The smallest absolute Gasteiger partial charge is 0.148 e. The van der Waals surface area contributed by atoms with Crippen LogP contribution in [-0.4, -0.2) is 0 Å². The molecule has 0 spiro atoms. The second kappa shape index (κ2) is 5.87.